The molecular weight excluding hydrogens is 304 g/mol. The Hall–Kier alpha value is -1.81. The number of halogens is 1. The highest BCUT2D eigenvalue weighted by Crippen LogP contribution is 2.26. The fraction of sp³-hybridized carbons (Fsp3) is 0.133. The Morgan fingerprint density at radius 1 is 1.16 bits per heavy atom. The smallest absolute Gasteiger partial charge is 0.255 e. The number of carbonyl (C=O) groups excluding carboxylic acids is 1. The minimum atomic E-state index is -0.135. The topological polar surface area (TPSA) is 55.1 Å². The number of nitrogens with two attached hydrogens (primary N) is 1. The predicted octanol–water partition coefficient (Wildman–Crippen LogP) is 3.90. The summed E-state index contributed by atoms with van der Waals surface area (Å²) in [6.45, 7) is 3.85. The number of rotatable bonds is 2. The Morgan fingerprint density at radius 2 is 1.89 bits per heavy atom. The molecule has 3 nitrogen and oxygen atoms in total. The van der Waals surface area contributed by atoms with Gasteiger partial charge in [-0.3, -0.25) is 4.79 Å². The Kier molecular flexibility index (Phi) is 3.90. The molecule has 0 aliphatic rings. The number of anilines is 2. The molecule has 98 valence electrons. The number of carbonyl (C=O) groups is 1. The van der Waals surface area contributed by atoms with Crippen molar-refractivity contribution in [3.05, 3.63) is 57.6 Å². The quantitative estimate of drug-likeness (QED) is 0.825. The van der Waals surface area contributed by atoms with E-state index in [4.69, 9.17) is 5.73 Å². The van der Waals surface area contributed by atoms with Gasteiger partial charge in [0, 0.05) is 15.7 Å². The van der Waals surface area contributed by atoms with Gasteiger partial charge in [0.1, 0.15) is 0 Å². The van der Waals surface area contributed by atoms with E-state index < -0.39 is 0 Å². The van der Waals surface area contributed by atoms with Crippen molar-refractivity contribution in [3.8, 4) is 0 Å². The third-order valence-corrected chi connectivity index (χ3v) is 3.99. The summed E-state index contributed by atoms with van der Waals surface area (Å²) < 4.78 is 0.899. The molecule has 0 unspecified atom stereocenters. The number of amides is 1. The van der Waals surface area contributed by atoms with Gasteiger partial charge >= 0.3 is 0 Å². The van der Waals surface area contributed by atoms with Gasteiger partial charge in [-0.1, -0.05) is 12.1 Å². The Bertz CT molecular complexity index is 638. The first-order valence-corrected chi connectivity index (χ1v) is 6.71. The molecule has 0 heterocycles. The molecule has 0 aromatic heterocycles. The summed E-state index contributed by atoms with van der Waals surface area (Å²) in [4.78, 5) is 12.2. The van der Waals surface area contributed by atoms with Crippen LogP contribution < -0.4 is 11.1 Å². The molecule has 2 aromatic carbocycles. The van der Waals surface area contributed by atoms with Crippen LogP contribution in [0.1, 0.15) is 21.5 Å². The Morgan fingerprint density at radius 3 is 2.58 bits per heavy atom. The number of hydrogen-bond donors (Lipinski definition) is 2. The first kappa shape index (κ1) is 13.6. The minimum Gasteiger partial charge on any atom is -0.399 e. The lowest BCUT2D eigenvalue weighted by Gasteiger charge is -2.11. The molecule has 0 radical (unpaired) electrons. The molecule has 4 heteroatoms. The van der Waals surface area contributed by atoms with Crippen molar-refractivity contribution in [1.82, 2.24) is 0 Å². The molecule has 0 aliphatic heterocycles. The van der Waals surface area contributed by atoms with Gasteiger partial charge in [-0.15, -0.1) is 0 Å². The van der Waals surface area contributed by atoms with Crippen molar-refractivity contribution in [2.75, 3.05) is 11.1 Å². The first-order valence-electron chi connectivity index (χ1n) is 5.91. The monoisotopic (exact) mass is 318 g/mol. The van der Waals surface area contributed by atoms with E-state index in [0.717, 1.165) is 21.3 Å². The summed E-state index contributed by atoms with van der Waals surface area (Å²) in [5.74, 6) is -0.135. The predicted molar refractivity (Wildman–Crippen MR) is 82.4 cm³/mol. The van der Waals surface area contributed by atoms with E-state index in [1.54, 1.807) is 18.2 Å². The first-order chi connectivity index (χ1) is 8.99. The highest BCUT2D eigenvalue weighted by Gasteiger charge is 2.11. The molecule has 2 rings (SSSR count). The zero-order chi connectivity index (χ0) is 14.0. The van der Waals surface area contributed by atoms with Crippen molar-refractivity contribution in [2.24, 2.45) is 0 Å². The summed E-state index contributed by atoms with van der Waals surface area (Å²) in [7, 11) is 0. The molecule has 0 bridgehead atoms. The lowest BCUT2D eigenvalue weighted by atomic mass is 10.1. The summed E-state index contributed by atoms with van der Waals surface area (Å²) >= 11 is 3.48. The summed E-state index contributed by atoms with van der Waals surface area (Å²) in [6, 6.07) is 11.0. The lowest BCUT2D eigenvalue weighted by Crippen LogP contribution is -2.14. The highest BCUT2D eigenvalue weighted by atomic mass is 79.9. The van der Waals surface area contributed by atoms with E-state index in [1.807, 2.05) is 32.0 Å². The van der Waals surface area contributed by atoms with Gasteiger partial charge in [0.05, 0.1) is 5.69 Å². The maximum Gasteiger partial charge on any atom is 0.255 e. The molecular formula is C15H15BrN2O. The van der Waals surface area contributed by atoms with Gasteiger partial charge in [-0.25, -0.2) is 0 Å². The minimum absolute atomic E-state index is 0.135. The third-order valence-electron chi connectivity index (χ3n) is 2.94. The van der Waals surface area contributed by atoms with Crippen LogP contribution in [0.25, 0.3) is 0 Å². The van der Waals surface area contributed by atoms with Gasteiger partial charge in [-0.2, -0.15) is 0 Å². The fourth-order valence-electron chi connectivity index (χ4n) is 1.88. The number of nitrogens with one attached hydrogen (secondary N) is 1. The van der Waals surface area contributed by atoms with E-state index in [0.29, 0.717) is 11.3 Å². The standard InChI is InChI=1S/C15H15BrN2O/c1-9-4-3-5-13(14(9)16)18-15(19)12-7-6-11(17)8-10(12)2/h3-8H,17H2,1-2H3,(H,18,19). The zero-order valence-corrected chi connectivity index (χ0v) is 12.4. The largest absolute Gasteiger partial charge is 0.399 e. The Balaban J connectivity index is 2.28. The maximum atomic E-state index is 12.2. The van der Waals surface area contributed by atoms with E-state index >= 15 is 0 Å². The number of hydrogen-bond acceptors (Lipinski definition) is 2. The molecule has 0 aliphatic carbocycles. The van der Waals surface area contributed by atoms with Gasteiger partial charge < -0.3 is 11.1 Å². The van der Waals surface area contributed by atoms with Crippen molar-refractivity contribution < 1.29 is 4.79 Å². The van der Waals surface area contributed by atoms with Crippen LogP contribution in [0.3, 0.4) is 0 Å². The van der Waals surface area contributed by atoms with Crippen molar-refractivity contribution >= 4 is 33.2 Å². The Labute approximate surface area is 121 Å². The summed E-state index contributed by atoms with van der Waals surface area (Å²) in [5.41, 5.74) is 9.67. The summed E-state index contributed by atoms with van der Waals surface area (Å²) in [6.07, 6.45) is 0. The van der Waals surface area contributed by atoms with E-state index in [2.05, 4.69) is 21.2 Å². The lowest BCUT2D eigenvalue weighted by molar-refractivity contribution is 0.102. The SMILES string of the molecule is Cc1cc(N)ccc1C(=O)Nc1cccc(C)c1Br. The third kappa shape index (κ3) is 2.96. The van der Waals surface area contributed by atoms with E-state index in [1.165, 1.54) is 0 Å². The van der Waals surface area contributed by atoms with E-state index in [-0.39, 0.29) is 5.91 Å². The van der Waals surface area contributed by atoms with Crippen LogP contribution in [0.15, 0.2) is 40.9 Å². The zero-order valence-electron chi connectivity index (χ0n) is 10.8. The van der Waals surface area contributed by atoms with Crippen LogP contribution in [-0.4, -0.2) is 5.91 Å². The number of nitrogen functional groups attached to an aromatic ring is 1. The average Bonchev–Trinajstić information content (AvgIpc) is 2.34. The second-order valence-corrected chi connectivity index (χ2v) is 5.26. The molecule has 0 fully saturated rings. The molecule has 19 heavy (non-hydrogen) atoms. The normalized spacial score (nSPS) is 10.3. The van der Waals surface area contributed by atoms with Crippen LogP contribution in [0, 0.1) is 13.8 Å². The van der Waals surface area contributed by atoms with Gasteiger partial charge in [-0.05, 0) is 65.2 Å². The fourth-order valence-corrected chi connectivity index (χ4v) is 2.24. The average molecular weight is 319 g/mol. The molecule has 0 atom stereocenters. The summed E-state index contributed by atoms with van der Waals surface area (Å²) in [5, 5.41) is 2.90. The maximum absolute atomic E-state index is 12.2. The van der Waals surface area contributed by atoms with Crippen LogP contribution in [0.5, 0.6) is 0 Å². The second kappa shape index (κ2) is 5.45. The van der Waals surface area contributed by atoms with Crippen molar-refractivity contribution in [1.29, 1.82) is 0 Å². The van der Waals surface area contributed by atoms with Crippen LogP contribution in [0.4, 0.5) is 11.4 Å². The molecule has 0 spiro atoms. The molecule has 0 saturated carbocycles. The van der Waals surface area contributed by atoms with Crippen molar-refractivity contribution in [3.63, 3.8) is 0 Å². The molecule has 0 saturated heterocycles. The molecule has 3 N–H and O–H groups in total. The van der Waals surface area contributed by atoms with Crippen LogP contribution >= 0.6 is 15.9 Å². The highest BCUT2D eigenvalue weighted by molar-refractivity contribution is 9.10. The number of benzene rings is 2. The van der Waals surface area contributed by atoms with Crippen LogP contribution in [0.2, 0.25) is 0 Å². The van der Waals surface area contributed by atoms with Gasteiger partial charge in [0.2, 0.25) is 0 Å². The van der Waals surface area contributed by atoms with Crippen LogP contribution in [-0.2, 0) is 0 Å². The van der Waals surface area contributed by atoms with E-state index in [9.17, 15) is 4.79 Å². The number of aryl methyl sites for hydroxylation is 2. The second-order valence-electron chi connectivity index (χ2n) is 4.46. The van der Waals surface area contributed by atoms with Gasteiger partial charge in [0.25, 0.3) is 5.91 Å². The molecule has 1 amide bonds. The van der Waals surface area contributed by atoms with Crippen molar-refractivity contribution in [2.45, 2.75) is 13.8 Å². The van der Waals surface area contributed by atoms with Gasteiger partial charge in [0.15, 0.2) is 0 Å². The molecule has 2 aromatic rings.